The number of amides is 2. The zero-order chi connectivity index (χ0) is 16.8. The molecule has 1 unspecified atom stereocenters. The van der Waals surface area contributed by atoms with Gasteiger partial charge in [0, 0.05) is 36.6 Å². The molecule has 0 bridgehead atoms. The molecule has 6 nitrogen and oxygen atoms in total. The van der Waals surface area contributed by atoms with E-state index in [4.69, 9.17) is 5.11 Å². The van der Waals surface area contributed by atoms with Gasteiger partial charge in [-0.1, -0.05) is 21.6 Å². The van der Waals surface area contributed by atoms with Crippen molar-refractivity contribution in [2.45, 2.75) is 39.2 Å². The second-order valence-electron chi connectivity index (χ2n) is 6.15. The number of aliphatic carboxylic acids is 1. The molecule has 8 heteroatoms. The fraction of sp³-hybridized carbons (Fsp3) is 0.786. The van der Waals surface area contributed by atoms with Crippen molar-refractivity contribution in [1.29, 1.82) is 0 Å². The van der Waals surface area contributed by atoms with E-state index in [0.717, 1.165) is 5.75 Å². The SMILES string of the molecule is CC(C)(C)N1CC(C(=O)NCCSSCCC(=O)O)CC1=O. The number of rotatable bonds is 8. The Hall–Kier alpha value is -0.890. The third-order valence-corrected chi connectivity index (χ3v) is 5.68. The number of nitrogens with one attached hydrogen (secondary N) is 1. The van der Waals surface area contributed by atoms with Gasteiger partial charge in [0.1, 0.15) is 0 Å². The van der Waals surface area contributed by atoms with E-state index in [2.05, 4.69) is 5.32 Å². The molecule has 126 valence electrons. The lowest BCUT2D eigenvalue weighted by atomic mass is 10.1. The standard InChI is InChI=1S/C14H24N2O4S2/c1-14(2,3)16-9-10(8-11(16)17)13(20)15-5-7-22-21-6-4-12(18)19/h10H,4-9H2,1-3H3,(H,15,20)(H,18,19). The maximum absolute atomic E-state index is 12.1. The van der Waals surface area contributed by atoms with Crippen LogP contribution >= 0.6 is 21.6 Å². The summed E-state index contributed by atoms with van der Waals surface area (Å²) in [5.41, 5.74) is -0.247. The Morgan fingerprint density at radius 2 is 1.95 bits per heavy atom. The summed E-state index contributed by atoms with van der Waals surface area (Å²) in [7, 11) is 3.04. The van der Waals surface area contributed by atoms with Gasteiger partial charge >= 0.3 is 5.97 Å². The van der Waals surface area contributed by atoms with Crippen molar-refractivity contribution < 1.29 is 19.5 Å². The zero-order valence-electron chi connectivity index (χ0n) is 13.3. The lowest BCUT2D eigenvalue weighted by Crippen LogP contribution is -2.43. The van der Waals surface area contributed by atoms with Crippen molar-refractivity contribution in [3.05, 3.63) is 0 Å². The monoisotopic (exact) mass is 348 g/mol. The van der Waals surface area contributed by atoms with E-state index in [1.165, 1.54) is 10.8 Å². The van der Waals surface area contributed by atoms with E-state index < -0.39 is 5.97 Å². The lowest BCUT2D eigenvalue weighted by molar-refractivity contribution is -0.136. The Balaban J connectivity index is 2.19. The summed E-state index contributed by atoms with van der Waals surface area (Å²) >= 11 is 0. The molecule has 0 aromatic heterocycles. The van der Waals surface area contributed by atoms with Gasteiger partial charge in [0.25, 0.3) is 0 Å². The highest BCUT2D eigenvalue weighted by molar-refractivity contribution is 8.76. The molecule has 1 aliphatic heterocycles. The average Bonchev–Trinajstić information content (AvgIpc) is 2.79. The Kier molecular flexibility index (Phi) is 7.55. The summed E-state index contributed by atoms with van der Waals surface area (Å²) < 4.78 is 0. The van der Waals surface area contributed by atoms with Gasteiger partial charge in [-0.3, -0.25) is 14.4 Å². The number of hydrogen-bond acceptors (Lipinski definition) is 5. The number of carboxylic acid groups (broad SMARTS) is 1. The van der Waals surface area contributed by atoms with Crippen LogP contribution in [0.5, 0.6) is 0 Å². The van der Waals surface area contributed by atoms with Crippen LogP contribution in [0.3, 0.4) is 0 Å². The molecule has 2 amide bonds. The predicted octanol–water partition coefficient (Wildman–Crippen LogP) is 1.61. The van der Waals surface area contributed by atoms with E-state index in [0.29, 0.717) is 18.8 Å². The van der Waals surface area contributed by atoms with Crippen molar-refractivity contribution in [2.24, 2.45) is 5.92 Å². The summed E-state index contributed by atoms with van der Waals surface area (Å²) in [5.74, 6) is 0.181. The maximum Gasteiger partial charge on any atom is 0.304 e. The van der Waals surface area contributed by atoms with Gasteiger partial charge in [0.15, 0.2) is 0 Å². The van der Waals surface area contributed by atoms with E-state index in [1.807, 2.05) is 20.8 Å². The fourth-order valence-corrected chi connectivity index (χ4v) is 4.02. The minimum absolute atomic E-state index is 0.0336. The lowest BCUT2D eigenvalue weighted by Gasteiger charge is -2.31. The normalized spacial score (nSPS) is 18.6. The molecule has 1 rings (SSSR count). The van der Waals surface area contributed by atoms with Crippen LogP contribution in [0.2, 0.25) is 0 Å². The van der Waals surface area contributed by atoms with Gasteiger partial charge in [0.2, 0.25) is 11.8 Å². The van der Waals surface area contributed by atoms with E-state index in [9.17, 15) is 14.4 Å². The highest BCUT2D eigenvalue weighted by Crippen LogP contribution is 2.26. The van der Waals surface area contributed by atoms with Crippen molar-refractivity contribution in [3.63, 3.8) is 0 Å². The molecule has 0 aromatic carbocycles. The molecule has 0 saturated carbocycles. The number of hydrogen-bond donors (Lipinski definition) is 2. The zero-order valence-corrected chi connectivity index (χ0v) is 14.9. The number of nitrogens with zero attached hydrogens (tertiary/aromatic N) is 1. The Labute approximate surface area is 139 Å². The molecule has 1 saturated heterocycles. The molecule has 1 heterocycles. The smallest absolute Gasteiger partial charge is 0.304 e. The topological polar surface area (TPSA) is 86.7 Å². The summed E-state index contributed by atoms with van der Waals surface area (Å²) in [5, 5.41) is 11.3. The molecular formula is C14H24N2O4S2. The molecule has 1 aliphatic rings. The van der Waals surface area contributed by atoms with Crippen molar-refractivity contribution in [1.82, 2.24) is 10.2 Å². The highest BCUT2D eigenvalue weighted by atomic mass is 33.1. The molecule has 0 radical (unpaired) electrons. The molecule has 0 spiro atoms. The van der Waals surface area contributed by atoms with E-state index in [-0.39, 0.29) is 36.1 Å². The molecule has 0 aliphatic carbocycles. The minimum atomic E-state index is -0.796. The maximum atomic E-state index is 12.1. The van der Waals surface area contributed by atoms with Crippen molar-refractivity contribution in [2.75, 3.05) is 24.6 Å². The average molecular weight is 348 g/mol. The summed E-state index contributed by atoms with van der Waals surface area (Å²) in [4.78, 5) is 36.1. The van der Waals surface area contributed by atoms with Crippen LogP contribution in [0.25, 0.3) is 0 Å². The van der Waals surface area contributed by atoms with E-state index >= 15 is 0 Å². The van der Waals surface area contributed by atoms with Crippen LogP contribution in [0.4, 0.5) is 0 Å². The second kappa shape index (κ2) is 8.67. The number of carbonyl (C=O) groups is 3. The third-order valence-electron chi connectivity index (χ3n) is 3.27. The Morgan fingerprint density at radius 3 is 2.50 bits per heavy atom. The number of carboxylic acids is 1. The highest BCUT2D eigenvalue weighted by Gasteiger charge is 2.39. The van der Waals surface area contributed by atoms with Crippen molar-refractivity contribution >= 4 is 39.4 Å². The largest absolute Gasteiger partial charge is 0.481 e. The van der Waals surface area contributed by atoms with Gasteiger partial charge in [-0.15, -0.1) is 0 Å². The number of carbonyl (C=O) groups excluding carboxylic acids is 2. The second-order valence-corrected chi connectivity index (χ2v) is 8.86. The van der Waals surface area contributed by atoms with Crippen molar-refractivity contribution in [3.8, 4) is 0 Å². The van der Waals surface area contributed by atoms with Crippen LogP contribution in [0, 0.1) is 5.92 Å². The molecule has 1 fully saturated rings. The first-order valence-electron chi connectivity index (χ1n) is 7.26. The molecular weight excluding hydrogens is 324 g/mol. The minimum Gasteiger partial charge on any atom is -0.481 e. The molecule has 2 N–H and O–H groups in total. The van der Waals surface area contributed by atoms with E-state index in [1.54, 1.807) is 15.7 Å². The summed E-state index contributed by atoms with van der Waals surface area (Å²) in [6.45, 7) is 6.92. The number of likely N-dealkylation sites (tertiary alicyclic amines) is 1. The van der Waals surface area contributed by atoms with Crippen LogP contribution in [0.15, 0.2) is 0 Å². The van der Waals surface area contributed by atoms with Gasteiger partial charge in [-0.05, 0) is 20.8 Å². The first-order valence-corrected chi connectivity index (χ1v) is 9.75. The third kappa shape index (κ3) is 6.48. The quantitative estimate of drug-likeness (QED) is 0.512. The van der Waals surface area contributed by atoms with Crippen LogP contribution in [0.1, 0.15) is 33.6 Å². The van der Waals surface area contributed by atoms with Crippen LogP contribution < -0.4 is 5.32 Å². The molecule has 0 aromatic rings. The summed E-state index contributed by atoms with van der Waals surface area (Å²) in [6.07, 6.45) is 0.431. The van der Waals surface area contributed by atoms with Gasteiger partial charge in [-0.2, -0.15) is 0 Å². The van der Waals surface area contributed by atoms with Gasteiger partial charge in [0.05, 0.1) is 12.3 Å². The van der Waals surface area contributed by atoms with Gasteiger partial charge < -0.3 is 15.3 Å². The Bertz CT molecular complexity index is 424. The molecule has 1 atom stereocenters. The predicted molar refractivity (Wildman–Crippen MR) is 89.8 cm³/mol. The first kappa shape index (κ1) is 19.2. The fourth-order valence-electron chi connectivity index (χ4n) is 2.14. The van der Waals surface area contributed by atoms with Crippen LogP contribution in [-0.4, -0.2) is 57.9 Å². The van der Waals surface area contributed by atoms with Gasteiger partial charge in [-0.25, -0.2) is 0 Å². The Morgan fingerprint density at radius 1 is 1.32 bits per heavy atom. The summed E-state index contributed by atoms with van der Waals surface area (Å²) in [6, 6.07) is 0. The molecule has 22 heavy (non-hydrogen) atoms. The first-order chi connectivity index (χ1) is 10.2. The van der Waals surface area contributed by atoms with Crippen LogP contribution in [-0.2, 0) is 14.4 Å².